The summed E-state index contributed by atoms with van der Waals surface area (Å²) in [6.07, 6.45) is -1.92. The number of halogens is 3. The van der Waals surface area contributed by atoms with Gasteiger partial charge < -0.3 is 4.74 Å². The molecule has 0 atom stereocenters. The molecule has 0 bridgehead atoms. The summed E-state index contributed by atoms with van der Waals surface area (Å²) >= 11 is 3.06. The van der Waals surface area contributed by atoms with Crippen molar-refractivity contribution in [3.8, 4) is 6.07 Å². The standard InChI is InChI=1S/C11H9BrF2N2O2/c1-2-18-11(17)9-7(3-12)16-5-6(4-15)8(9)10(13)14/h5,10H,2-3H2,1H3. The predicted molar refractivity (Wildman–Crippen MR) is 62.5 cm³/mol. The van der Waals surface area contributed by atoms with Crippen LogP contribution < -0.4 is 0 Å². The first kappa shape index (κ1) is 14.5. The number of rotatable bonds is 4. The molecule has 0 fully saturated rings. The van der Waals surface area contributed by atoms with Crippen LogP contribution in [0.15, 0.2) is 6.20 Å². The molecule has 1 aromatic rings. The number of carbonyl (C=O) groups is 1. The van der Waals surface area contributed by atoms with E-state index in [1.165, 1.54) is 0 Å². The normalized spacial score (nSPS) is 10.2. The second kappa shape index (κ2) is 6.40. The minimum Gasteiger partial charge on any atom is -0.462 e. The fourth-order valence-electron chi connectivity index (χ4n) is 1.41. The first-order valence-corrected chi connectivity index (χ1v) is 6.12. The molecule has 4 nitrogen and oxygen atoms in total. The van der Waals surface area contributed by atoms with Gasteiger partial charge in [-0.1, -0.05) is 15.9 Å². The zero-order valence-electron chi connectivity index (χ0n) is 9.41. The van der Waals surface area contributed by atoms with Gasteiger partial charge in [0.2, 0.25) is 0 Å². The summed E-state index contributed by atoms with van der Waals surface area (Å²) in [5, 5.41) is 8.90. The number of aromatic nitrogens is 1. The number of hydrogen-bond acceptors (Lipinski definition) is 4. The summed E-state index contributed by atoms with van der Waals surface area (Å²) in [6.45, 7) is 1.62. The highest BCUT2D eigenvalue weighted by molar-refractivity contribution is 9.08. The zero-order chi connectivity index (χ0) is 13.7. The van der Waals surface area contributed by atoms with E-state index in [1.54, 1.807) is 13.0 Å². The molecule has 96 valence electrons. The number of pyridine rings is 1. The van der Waals surface area contributed by atoms with Gasteiger partial charge in [-0.25, -0.2) is 13.6 Å². The molecule has 1 aromatic heterocycles. The molecule has 0 spiro atoms. The Morgan fingerprint density at radius 2 is 2.33 bits per heavy atom. The van der Waals surface area contributed by atoms with Crippen molar-refractivity contribution in [1.82, 2.24) is 4.98 Å². The first-order chi connectivity index (χ1) is 8.56. The van der Waals surface area contributed by atoms with Crippen LogP contribution in [-0.4, -0.2) is 17.6 Å². The first-order valence-electron chi connectivity index (χ1n) is 4.99. The van der Waals surface area contributed by atoms with Gasteiger partial charge in [-0.3, -0.25) is 4.98 Å². The van der Waals surface area contributed by atoms with Crippen LogP contribution in [0, 0.1) is 11.3 Å². The molecule has 0 aliphatic heterocycles. The maximum absolute atomic E-state index is 13.0. The third kappa shape index (κ3) is 2.82. The Morgan fingerprint density at radius 3 is 2.78 bits per heavy atom. The molecule has 1 rings (SSSR count). The van der Waals surface area contributed by atoms with Crippen molar-refractivity contribution in [2.45, 2.75) is 18.7 Å². The Bertz CT molecular complexity index is 501. The largest absolute Gasteiger partial charge is 0.462 e. The second-order valence-electron chi connectivity index (χ2n) is 3.17. The molecule has 0 aliphatic carbocycles. The molecule has 7 heteroatoms. The van der Waals surface area contributed by atoms with Gasteiger partial charge in [0.05, 0.1) is 29.0 Å². The fraction of sp³-hybridized carbons (Fsp3) is 0.364. The predicted octanol–water partition coefficient (Wildman–Crippen LogP) is 2.96. The Labute approximate surface area is 111 Å². The van der Waals surface area contributed by atoms with E-state index in [9.17, 15) is 13.6 Å². The Kier molecular flexibility index (Phi) is 5.16. The molecule has 0 saturated heterocycles. The lowest BCUT2D eigenvalue weighted by Gasteiger charge is -2.12. The number of esters is 1. The third-order valence-corrected chi connectivity index (χ3v) is 2.67. The van der Waals surface area contributed by atoms with Gasteiger partial charge >= 0.3 is 5.97 Å². The molecule has 0 amide bonds. The fourth-order valence-corrected chi connectivity index (χ4v) is 1.84. The van der Waals surface area contributed by atoms with Crippen LogP contribution in [0.5, 0.6) is 0 Å². The highest BCUT2D eigenvalue weighted by Gasteiger charge is 2.27. The summed E-state index contributed by atoms with van der Waals surface area (Å²) in [6, 6.07) is 1.60. The summed E-state index contributed by atoms with van der Waals surface area (Å²) in [5.41, 5.74) is -1.15. The molecule has 18 heavy (non-hydrogen) atoms. The molecular formula is C11H9BrF2N2O2. The van der Waals surface area contributed by atoms with Gasteiger partial charge in [0.25, 0.3) is 6.43 Å². The highest BCUT2D eigenvalue weighted by atomic mass is 79.9. The molecule has 0 aromatic carbocycles. The van der Waals surface area contributed by atoms with Gasteiger partial charge in [0.1, 0.15) is 6.07 Å². The SMILES string of the molecule is CCOC(=O)c1c(CBr)ncc(C#N)c1C(F)F. The van der Waals surface area contributed by atoms with E-state index in [0.717, 1.165) is 6.20 Å². The number of ether oxygens (including phenoxy) is 1. The molecule has 0 N–H and O–H groups in total. The quantitative estimate of drug-likeness (QED) is 0.632. The molecule has 0 radical (unpaired) electrons. The maximum Gasteiger partial charge on any atom is 0.340 e. The lowest BCUT2D eigenvalue weighted by molar-refractivity contribution is 0.0513. The van der Waals surface area contributed by atoms with Crippen LogP contribution in [0.3, 0.4) is 0 Å². The van der Waals surface area contributed by atoms with Crippen molar-refractivity contribution < 1.29 is 18.3 Å². The smallest absolute Gasteiger partial charge is 0.340 e. The zero-order valence-corrected chi connectivity index (χ0v) is 11.0. The van der Waals surface area contributed by atoms with Crippen molar-refractivity contribution in [1.29, 1.82) is 5.26 Å². The molecule has 0 unspecified atom stereocenters. The summed E-state index contributed by atoms with van der Waals surface area (Å²) in [7, 11) is 0. The Morgan fingerprint density at radius 1 is 1.67 bits per heavy atom. The van der Waals surface area contributed by atoms with E-state index in [0.29, 0.717) is 0 Å². The summed E-state index contributed by atoms with van der Waals surface area (Å²) < 4.78 is 30.7. The monoisotopic (exact) mass is 318 g/mol. The Balaban J connectivity index is 3.51. The highest BCUT2D eigenvalue weighted by Crippen LogP contribution is 2.29. The molecule has 0 aliphatic rings. The third-order valence-electron chi connectivity index (χ3n) is 2.14. The summed E-state index contributed by atoms with van der Waals surface area (Å²) in [5.74, 6) is -0.896. The van der Waals surface area contributed by atoms with Crippen LogP contribution in [-0.2, 0) is 10.1 Å². The van der Waals surface area contributed by atoms with E-state index in [2.05, 4.69) is 20.9 Å². The van der Waals surface area contributed by atoms with Gasteiger partial charge in [-0.05, 0) is 6.92 Å². The van der Waals surface area contributed by atoms with E-state index in [-0.39, 0.29) is 28.8 Å². The van der Waals surface area contributed by atoms with E-state index in [4.69, 9.17) is 10.00 Å². The van der Waals surface area contributed by atoms with Gasteiger partial charge in [-0.15, -0.1) is 0 Å². The maximum atomic E-state index is 13.0. The molecular weight excluding hydrogens is 310 g/mol. The minimum absolute atomic E-state index is 0.0556. The topological polar surface area (TPSA) is 63.0 Å². The molecule has 1 heterocycles. The number of nitriles is 1. The van der Waals surface area contributed by atoms with E-state index in [1.807, 2.05) is 0 Å². The number of nitrogens with zero attached hydrogens (tertiary/aromatic N) is 2. The van der Waals surface area contributed by atoms with Gasteiger partial charge in [0.15, 0.2) is 0 Å². The van der Waals surface area contributed by atoms with Crippen molar-refractivity contribution in [2.24, 2.45) is 0 Å². The van der Waals surface area contributed by atoms with Crippen LogP contribution >= 0.6 is 15.9 Å². The number of alkyl halides is 3. The lowest BCUT2D eigenvalue weighted by atomic mass is 10.0. The molecule has 0 saturated carbocycles. The average molecular weight is 319 g/mol. The van der Waals surface area contributed by atoms with E-state index < -0.39 is 18.0 Å². The number of hydrogen-bond donors (Lipinski definition) is 0. The lowest BCUT2D eigenvalue weighted by Crippen LogP contribution is -2.14. The van der Waals surface area contributed by atoms with E-state index >= 15 is 0 Å². The van der Waals surface area contributed by atoms with Crippen LogP contribution in [0.1, 0.15) is 40.5 Å². The van der Waals surface area contributed by atoms with Gasteiger partial charge in [0, 0.05) is 11.5 Å². The van der Waals surface area contributed by atoms with Crippen molar-refractivity contribution >= 4 is 21.9 Å². The summed E-state index contributed by atoms with van der Waals surface area (Å²) in [4.78, 5) is 15.5. The van der Waals surface area contributed by atoms with Crippen LogP contribution in [0.25, 0.3) is 0 Å². The van der Waals surface area contributed by atoms with Crippen molar-refractivity contribution in [2.75, 3.05) is 6.61 Å². The van der Waals surface area contributed by atoms with Crippen molar-refractivity contribution in [3.05, 3.63) is 28.6 Å². The Hall–Kier alpha value is -1.55. The average Bonchev–Trinajstić information content (AvgIpc) is 2.36. The second-order valence-corrected chi connectivity index (χ2v) is 3.73. The van der Waals surface area contributed by atoms with Crippen molar-refractivity contribution in [3.63, 3.8) is 0 Å². The van der Waals surface area contributed by atoms with Crippen LogP contribution in [0.2, 0.25) is 0 Å². The van der Waals surface area contributed by atoms with Gasteiger partial charge in [-0.2, -0.15) is 5.26 Å². The number of carbonyl (C=O) groups excluding carboxylic acids is 1. The minimum atomic E-state index is -2.94. The van der Waals surface area contributed by atoms with Crippen LogP contribution in [0.4, 0.5) is 8.78 Å².